The molecule has 1 fully saturated rings. The Labute approximate surface area is 134 Å². The lowest BCUT2D eigenvalue weighted by atomic mass is 9.97. The Kier molecular flexibility index (Phi) is 4.41. The van der Waals surface area contributed by atoms with Crippen LogP contribution in [0.1, 0.15) is 37.9 Å². The van der Waals surface area contributed by atoms with Gasteiger partial charge in [-0.15, -0.1) is 0 Å². The molecule has 3 nitrogen and oxygen atoms in total. The van der Waals surface area contributed by atoms with E-state index in [4.69, 9.17) is 33.5 Å². The second-order valence-corrected chi connectivity index (χ2v) is 6.50. The van der Waals surface area contributed by atoms with Crippen LogP contribution in [0.15, 0.2) is 22.7 Å². The number of aromatic nitrogens is 1. The summed E-state index contributed by atoms with van der Waals surface area (Å²) in [5, 5.41) is 4.96. The number of anilines is 1. The van der Waals surface area contributed by atoms with E-state index in [1.165, 1.54) is 25.7 Å². The number of aryl methyl sites for hydroxylation is 1. The van der Waals surface area contributed by atoms with E-state index in [2.05, 4.69) is 5.16 Å². The highest BCUT2D eigenvalue weighted by Gasteiger charge is 2.20. The molecule has 1 aliphatic rings. The van der Waals surface area contributed by atoms with E-state index in [0.717, 1.165) is 35.6 Å². The molecule has 21 heavy (non-hydrogen) atoms. The summed E-state index contributed by atoms with van der Waals surface area (Å²) in [5.41, 5.74) is 7.72. The van der Waals surface area contributed by atoms with Gasteiger partial charge in [0.2, 0.25) is 0 Å². The summed E-state index contributed by atoms with van der Waals surface area (Å²) in [6.07, 6.45) is 7.34. The summed E-state index contributed by atoms with van der Waals surface area (Å²) in [6.45, 7) is 0. The lowest BCUT2D eigenvalue weighted by Gasteiger charge is -2.08. The van der Waals surface area contributed by atoms with Gasteiger partial charge in [0.05, 0.1) is 15.6 Å². The second kappa shape index (κ2) is 6.29. The third kappa shape index (κ3) is 3.19. The molecule has 0 unspecified atom stereocenters. The van der Waals surface area contributed by atoms with Crippen LogP contribution in [-0.4, -0.2) is 5.16 Å². The molecule has 0 saturated heterocycles. The Morgan fingerprint density at radius 2 is 1.95 bits per heavy atom. The maximum atomic E-state index is 6.09. The van der Waals surface area contributed by atoms with E-state index in [-0.39, 0.29) is 0 Å². The molecule has 1 aromatic carbocycles. The Morgan fingerprint density at radius 1 is 1.19 bits per heavy atom. The zero-order chi connectivity index (χ0) is 14.8. The Bertz CT molecular complexity index is 633. The van der Waals surface area contributed by atoms with Crippen LogP contribution < -0.4 is 5.73 Å². The van der Waals surface area contributed by atoms with Crippen LogP contribution >= 0.6 is 23.2 Å². The van der Waals surface area contributed by atoms with E-state index >= 15 is 0 Å². The Morgan fingerprint density at radius 3 is 2.67 bits per heavy atom. The maximum Gasteiger partial charge on any atom is 0.175 e. The lowest BCUT2D eigenvalue weighted by Crippen LogP contribution is -1.97. The molecule has 0 bridgehead atoms. The minimum atomic E-state index is 0.412. The topological polar surface area (TPSA) is 52.0 Å². The number of benzene rings is 1. The van der Waals surface area contributed by atoms with Crippen LogP contribution in [0, 0.1) is 5.92 Å². The number of rotatable bonds is 4. The highest BCUT2D eigenvalue weighted by Crippen LogP contribution is 2.36. The first-order chi connectivity index (χ1) is 10.1. The van der Waals surface area contributed by atoms with E-state index in [9.17, 15) is 0 Å². The van der Waals surface area contributed by atoms with Crippen molar-refractivity contribution in [3.63, 3.8) is 0 Å². The molecule has 1 aromatic heterocycles. The fraction of sp³-hybridized carbons (Fsp3) is 0.438. The molecular formula is C16H18Cl2N2O. The summed E-state index contributed by atoms with van der Waals surface area (Å²) in [7, 11) is 0. The first kappa shape index (κ1) is 14.7. The van der Waals surface area contributed by atoms with Crippen molar-refractivity contribution >= 4 is 29.0 Å². The first-order valence-electron chi connectivity index (χ1n) is 7.34. The molecule has 2 aromatic rings. The van der Waals surface area contributed by atoms with Crippen molar-refractivity contribution in [1.82, 2.24) is 5.16 Å². The van der Waals surface area contributed by atoms with Gasteiger partial charge in [-0.25, -0.2) is 0 Å². The fourth-order valence-corrected chi connectivity index (χ4v) is 3.40. The molecule has 0 amide bonds. The molecule has 3 rings (SSSR count). The minimum absolute atomic E-state index is 0.412. The van der Waals surface area contributed by atoms with Gasteiger partial charge in [0, 0.05) is 6.42 Å². The van der Waals surface area contributed by atoms with Crippen molar-refractivity contribution < 1.29 is 4.52 Å². The predicted molar refractivity (Wildman–Crippen MR) is 86.7 cm³/mol. The van der Waals surface area contributed by atoms with Crippen molar-refractivity contribution in [3.05, 3.63) is 34.0 Å². The number of nitrogens with zero attached hydrogens (tertiary/aromatic N) is 1. The highest BCUT2D eigenvalue weighted by atomic mass is 35.5. The largest absolute Gasteiger partial charge is 0.380 e. The van der Waals surface area contributed by atoms with Gasteiger partial charge in [0.25, 0.3) is 0 Å². The van der Waals surface area contributed by atoms with Gasteiger partial charge in [-0.1, -0.05) is 60.1 Å². The van der Waals surface area contributed by atoms with Crippen LogP contribution in [0.5, 0.6) is 0 Å². The predicted octanol–water partition coefficient (Wildman–Crippen LogP) is 5.35. The highest BCUT2D eigenvalue weighted by molar-refractivity contribution is 6.42. The van der Waals surface area contributed by atoms with Gasteiger partial charge in [0.1, 0.15) is 5.76 Å². The minimum Gasteiger partial charge on any atom is -0.380 e. The average molecular weight is 325 g/mol. The summed E-state index contributed by atoms with van der Waals surface area (Å²) in [6, 6.07) is 5.48. The van der Waals surface area contributed by atoms with Gasteiger partial charge < -0.3 is 10.3 Å². The third-order valence-corrected chi connectivity index (χ3v) is 4.99. The zero-order valence-corrected chi connectivity index (χ0v) is 13.3. The molecule has 112 valence electrons. The number of hydrogen-bond donors (Lipinski definition) is 1. The Balaban J connectivity index is 1.83. The molecule has 1 heterocycles. The van der Waals surface area contributed by atoms with Gasteiger partial charge in [-0.05, 0) is 30.0 Å². The number of nitrogen functional groups attached to an aromatic ring is 1. The summed E-state index contributed by atoms with van der Waals surface area (Å²) in [4.78, 5) is 0. The summed E-state index contributed by atoms with van der Waals surface area (Å²) in [5.74, 6) is 2.06. The normalized spacial score (nSPS) is 15.7. The van der Waals surface area contributed by atoms with Crippen LogP contribution in [-0.2, 0) is 6.42 Å². The number of hydrogen-bond acceptors (Lipinski definition) is 3. The fourth-order valence-electron chi connectivity index (χ4n) is 3.10. The van der Waals surface area contributed by atoms with Crippen molar-refractivity contribution in [2.75, 3.05) is 5.73 Å². The quantitative estimate of drug-likeness (QED) is 0.824. The first-order valence-corrected chi connectivity index (χ1v) is 8.10. The van der Waals surface area contributed by atoms with Crippen molar-refractivity contribution in [1.29, 1.82) is 0 Å². The van der Waals surface area contributed by atoms with Crippen LogP contribution in [0.25, 0.3) is 11.1 Å². The summed E-state index contributed by atoms with van der Waals surface area (Å²) >= 11 is 12.1. The van der Waals surface area contributed by atoms with Crippen molar-refractivity contribution in [2.45, 2.75) is 38.5 Å². The molecule has 5 heteroatoms. The smallest absolute Gasteiger partial charge is 0.175 e. The SMILES string of the molecule is Nc1noc(CCC2CCCC2)c1-c1ccc(Cl)c(Cl)c1. The van der Waals surface area contributed by atoms with Crippen LogP contribution in [0.3, 0.4) is 0 Å². The van der Waals surface area contributed by atoms with E-state index in [1.807, 2.05) is 12.1 Å². The molecule has 0 radical (unpaired) electrons. The standard InChI is InChI=1S/C16H18Cl2N2O/c17-12-7-6-11(9-13(12)18)15-14(21-20-16(15)19)8-5-10-3-1-2-4-10/h6-7,9-10H,1-5,8H2,(H2,19,20). The van der Waals surface area contributed by atoms with Gasteiger partial charge in [0.15, 0.2) is 5.82 Å². The molecule has 0 spiro atoms. The van der Waals surface area contributed by atoms with Crippen molar-refractivity contribution in [2.24, 2.45) is 5.92 Å². The Hall–Kier alpha value is -1.19. The van der Waals surface area contributed by atoms with Crippen molar-refractivity contribution in [3.8, 4) is 11.1 Å². The molecular weight excluding hydrogens is 307 g/mol. The van der Waals surface area contributed by atoms with Gasteiger partial charge in [-0.2, -0.15) is 0 Å². The van der Waals surface area contributed by atoms with Gasteiger partial charge in [-0.3, -0.25) is 0 Å². The molecule has 1 aliphatic carbocycles. The number of nitrogens with two attached hydrogens (primary N) is 1. The second-order valence-electron chi connectivity index (χ2n) is 5.68. The monoisotopic (exact) mass is 324 g/mol. The number of halogens is 2. The maximum absolute atomic E-state index is 6.09. The molecule has 1 saturated carbocycles. The van der Waals surface area contributed by atoms with E-state index in [0.29, 0.717) is 15.9 Å². The molecule has 0 atom stereocenters. The zero-order valence-electron chi connectivity index (χ0n) is 11.7. The van der Waals surface area contributed by atoms with Gasteiger partial charge >= 0.3 is 0 Å². The summed E-state index contributed by atoms with van der Waals surface area (Å²) < 4.78 is 5.43. The lowest BCUT2D eigenvalue weighted by molar-refractivity contribution is 0.370. The van der Waals surface area contributed by atoms with Crippen LogP contribution in [0.2, 0.25) is 10.0 Å². The van der Waals surface area contributed by atoms with E-state index < -0.39 is 0 Å². The van der Waals surface area contributed by atoms with E-state index in [1.54, 1.807) is 6.07 Å². The van der Waals surface area contributed by atoms with Crippen LogP contribution in [0.4, 0.5) is 5.82 Å². The third-order valence-electron chi connectivity index (χ3n) is 4.25. The average Bonchev–Trinajstić information content (AvgIpc) is 3.09. The molecule has 0 aliphatic heterocycles. The molecule has 2 N–H and O–H groups in total.